The van der Waals surface area contributed by atoms with E-state index in [1.807, 2.05) is 26.8 Å². The van der Waals surface area contributed by atoms with E-state index >= 15 is 0 Å². The average molecular weight is 378 g/mol. The number of carbonyl (C=O) groups is 2. The smallest absolute Gasteiger partial charge is 0.410 e. The van der Waals surface area contributed by atoms with Gasteiger partial charge in [0.1, 0.15) is 5.60 Å². The number of rotatable bonds is 5. The number of methoxy groups -OCH3 is 1. The molecule has 2 rings (SSSR count). The molecule has 0 aromatic carbocycles. The van der Waals surface area contributed by atoms with Crippen molar-refractivity contribution in [1.29, 1.82) is 0 Å². The van der Waals surface area contributed by atoms with Crippen molar-refractivity contribution in [3.05, 3.63) is 23.9 Å². The first kappa shape index (κ1) is 21.0. The number of nitrogens with zero attached hydrogens (tertiary/aromatic N) is 2. The van der Waals surface area contributed by atoms with Crippen LogP contribution in [0.3, 0.4) is 0 Å². The summed E-state index contributed by atoms with van der Waals surface area (Å²) in [4.78, 5) is 30.9. The number of amides is 1. The van der Waals surface area contributed by atoms with Crippen molar-refractivity contribution >= 4 is 12.1 Å². The van der Waals surface area contributed by atoms with Crippen LogP contribution in [0.15, 0.2) is 18.3 Å². The maximum atomic E-state index is 12.8. The minimum absolute atomic E-state index is 0.218. The Morgan fingerprint density at radius 1 is 1.22 bits per heavy atom. The lowest BCUT2D eigenvalue weighted by atomic mass is 9.74. The summed E-state index contributed by atoms with van der Waals surface area (Å²) in [5.41, 5.74) is -0.263. The second-order valence-electron chi connectivity index (χ2n) is 7.85. The summed E-state index contributed by atoms with van der Waals surface area (Å²) in [6, 6.07) is 3.69. The maximum absolute atomic E-state index is 12.8. The van der Waals surface area contributed by atoms with Crippen molar-refractivity contribution in [3.63, 3.8) is 0 Å². The SMILES string of the molecule is CCOC(=O)C1(Cc2ccc(OC)nc2)CCN(C(=O)OC(C)(C)C)CC1. The van der Waals surface area contributed by atoms with Crippen molar-refractivity contribution in [1.82, 2.24) is 9.88 Å². The van der Waals surface area contributed by atoms with Crippen LogP contribution >= 0.6 is 0 Å². The highest BCUT2D eigenvalue weighted by Gasteiger charge is 2.44. The standard InChI is InChI=1S/C20H30N2O5/c1-6-26-17(23)20(13-15-7-8-16(25-5)21-14-15)9-11-22(12-10-20)18(24)27-19(2,3)4/h7-8,14H,6,9-13H2,1-5H3. The number of hydrogen-bond acceptors (Lipinski definition) is 6. The fourth-order valence-electron chi connectivity index (χ4n) is 3.21. The van der Waals surface area contributed by atoms with Crippen molar-refractivity contribution in [2.75, 3.05) is 26.8 Å². The lowest BCUT2D eigenvalue weighted by Crippen LogP contribution is -2.49. The topological polar surface area (TPSA) is 78.0 Å². The summed E-state index contributed by atoms with van der Waals surface area (Å²) in [5.74, 6) is 0.313. The molecule has 0 aliphatic carbocycles. The molecule has 27 heavy (non-hydrogen) atoms. The first-order valence-electron chi connectivity index (χ1n) is 9.33. The third-order valence-electron chi connectivity index (χ3n) is 4.63. The minimum atomic E-state index is -0.662. The van der Waals surface area contributed by atoms with E-state index in [1.165, 1.54) is 0 Å². The van der Waals surface area contributed by atoms with Gasteiger partial charge < -0.3 is 19.1 Å². The van der Waals surface area contributed by atoms with Gasteiger partial charge in [0.2, 0.25) is 5.88 Å². The Balaban J connectivity index is 2.11. The van der Waals surface area contributed by atoms with Crippen LogP contribution in [0.25, 0.3) is 0 Å². The number of esters is 1. The molecule has 1 aliphatic rings. The van der Waals surface area contributed by atoms with Crippen LogP contribution < -0.4 is 4.74 Å². The molecule has 1 fully saturated rings. The molecule has 1 aliphatic heterocycles. The first-order valence-corrected chi connectivity index (χ1v) is 9.33. The Morgan fingerprint density at radius 2 is 1.89 bits per heavy atom. The van der Waals surface area contributed by atoms with Gasteiger partial charge >= 0.3 is 12.1 Å². The second-order valence-corrected chi connectivity index (χ2v) is 7.85. The molecule has 0 spiro atoms. The molecule has 7 heteroatoms. The zero-order valence-electron chi connectivity index (χ0n) is 16.9. The van der Waals surface area contributed by atoms with Crippen molar-refractivity contribution in [2.45, 2.75) is 52.6 Å². The maximum Gasteiger partial charge on any atom is 0.410 e. The molecule has 0 N–H and O–H groups in total. The zero-order chi connectivity index (χ0) is 20.1. The number of piperidine rings is 1. The lowest BCUT2D eigenvalue weighted by molar-refractivity contribution is -0.158. The molecule has 1 amide bonds. The molecular formula is C20H30N2O5. The third-order valence-corrected chi connectivity index (χ3v) is 4.63. The fraction of sp³-hybridized carbons (Fsp3) is 0.650. The summed E-state index contributed by atoms with van der Waals surface area (Å²) in [5, 5.41) is 0. The molecule has 1 aromatic rings. The highest BCUT2D eigenvalue weighted by Crippen LogP contribution is 2.37. The van der Waals surface area contributed by atoms with E-state index in [4.69, 9.17) is 14.2 Å². The average Bonchev–Trinajstić information content (AvgIpc) is 2.61. The molecule has 0 saturated carbocycles. The summed E-state index contributed by atoms with van der Waals surface area (Å²) >= 11 is 0. The Kier molecular flexibility index (Phi) is 6.68. The van der Waals surface area contributed by atoms with Crippen LogP contribution in [0.1, 0.15) is 46.1 Å². The number of hydrogen-bond donors (Lipinski definition) is 0. The van der Waals surface area contributed by atoms with Crippen LogP contribution in [-0.4, -0.2) is 54.4 Å². The normalized spacial score (nSPS) is 16.6. The molecular weight excluding hydrogens is 348 g/mol. The molecule has 0 radical (unpaired) electrons. The second kappa shape index (κ2) is 8.59. The summed E-state index contributed by atoms with van der Waals surface area (Å²) < 4.78 is 15.9. The Hall–Kier alpha value is -2.31. The number of ether oxygens (including phenoxy) is 3. The highest BCUT2D eigenvalue weighted by molar-refractivity contribution is 5.78. The lowest BCUT2D eigenvalue weighted by Gasteiger charge is -2.40. The van der Waals surface area contributed by atoms with Gasteiger partial charge in [-0.3, -0.25) is 4.79 Å². The first-order chi connectivity index (χ1) is 12.7. The Morgan fingerprint density at radius 3 is 2.37 bits per heavy atom. The summed E-state index contributed by atoms with van der Waals surface area (Å²) in [6.45, 7) is 8.57. The predicted octanol–water partition coefficient (Wildman–Crippen LogP) is 3.21. The van der Waals surface area contributed by atoms with Gasteiger partial charge in [0.05, 0.1) is 19.1 Å². The largest absolute Gasteiger partial charge is 0.481 e. The summed E-state index contributed by atoms with van der Waals surface area (Å²) in [6.07, 6.45) is 2.95. The number of likely N-dealkylation sites (tertiary alicyclic amines) is 1. The van der Waals surface area contributed by atoms with Crippen LogP contribution in [0.4, 0.5) is 4.79 Å². The van der Waals surface area contributed by atoms with E-state index in [1.54, 1.807) is 31.2 Å². The Labute approximate surface area is 161 Å². The van der Waals surface area contributed by atoms with Gasteiger partial charge in [0.15, 0.2) is 0 Å². The Bertz CT molecular complexity index is 643. The molecule has 2 heterocycles. The molecule has 7 nitrogen and oxygen atoms in total. The highest BCUT2D eigenvalue weighted by atomic mass is 16.6. The fourth-order valence-corrected chi connectivity index (χ4v) is 3.21. The van der Waals surface area contributed by atoms with Gasteiger partial charge in [-0.2, -0.15) is 0 Å². The number of carbonyl (C=O) groups excluding carboxylic acids is 2. The minimum Gasteiger partial charge on any atom is -0.481 e. The van der Waals surface area contributed by atoms with Gasteiger partial charge in [-0.1, -0.05) is 6.07 Å². The van der Waals surface area contributed by atoms with E-state index in [0.717, 1.165) is 5.56 Å². The molecule has 150 valence electrons. The zero-order valence-corrected chi connectivity index (χ0v) is 16.9. The van der Waals surface area contributed by atoms with Gasteiger partial charge in [0, 0.05) is 25.4 Å². The van der Waals surface area contributed by atoms with Gasteiger partial charge in [-0.05, 0) is 52.5 Å². The predicted molar refractivity (Wildman–Crippen MR) is 101 cm³/mol. The number of aromatic nitrogens is 1. The van der Waals surface area contributed by atoms with Crippen molar-refractivity contribution in [2.24, 2.45) is 5.41 Å². The van der Waals surface area contributed by atoms with Crippen LogP contribution in [-0.2, 0) is 20.7 Å². The molecule has 0 unspecified atom stereocenters. The van der Waals surface area contributed by atoms with E-state index in [2.05, 4.69) is 4.98 Å². The van der Waals surface area contributed by atoms with Gasteiger partial charge in [0.25, 0.3) is 0 Å². The van der Waals surface area contributed by atoms with E-state index in [-0.39, 0.29) is 12.1 Å². The molecule has 1 saturated heterocycles. The van der Waals surface area contributed by atoms with Crippen LogP contribution in [0, 0.1) is 5.41 Å². The monoisotopic (exact) mass is 378 g/mol. The summed E-state index contributed by atoms with van der Waals surface area (Å²) in [7, 11) is 1.56. The van der Waals surface area contributed by atoms with E-state index in [0.29, 0.717) is 44.8 Å². The van der Waals surface area contributed by atoms with E-state index < -0.39 is 11.0 Å². The molecule has 1 aromatic heterocycles. The van der Waals surface area contributed by atoms with Gasteiger partial charge in [-0.15, -0.1) is 0 Å². The van der Waals surface area contributed by atoms with Gasteiger partial charge in [-0.25, -0.2) is 9.78 Å². The third kappa shape index (κ3) is 5.58. The van der Waals surface area contributed by atoms with Crippen LogP contribution in [0.5, 0.6) is 5.88 Å². The quantitative estimate of drug-likeness (QED) is 0.732. The van der Waals surface area contributed by atoms with E-state index in [9.17, 15) is 9.59 Å². The van der Waals surface area contributed by atoms with Crippen molar-refractivity contribution < 1.29 is 23.8 Å². The molecule has 0 bridgehead atoms. The van der Waals surface area contributed by atoms with Crippen LogP contribution in [0.2, 0.25) is 0 Å². The molecule has 0 atom stereocenters. The number of pyridine rings is 1. The van der Waals surface area contributed by atoms with Crippen molar-refractivity contribution in [3.8, 4) is 5.88 Å².